The molecule has 5 heteroatoms. The van der Waals surface area contributed by atoms with Crippen LogP contribution in [0.5, 0.6) is 0 Å². The lowest BCUT2D eigenvalue weighted by atomic mass is 9.83. The van der Waals surface area contributed by atoms with E-state index in [0.717, 1.165) is 18.7 Å². The number of halogens is 1. The van der Waals surface area contributed by atoms with Crippen LogP contribution in [-0.4, -0.2) is 26.7 Å². The second-order valence-electron chi connectivity index (χ2n) is 6.00. The van der Waals surface area contributed by atoms with Crippen molar-refractivity contribution in [2.75, 3.05) is 0 Å². The van der Waals surface area contributed by atoms with Gasteiger partial charge >= 0.3 is 0 Å². The first kappa shape index (κ1) is 13.4. The van der Waals surface area contributed by atoms with Crippen LogP contribution in [0.15, 0.2) is 6.20 Å². The molecule has 19 heavy (non-hydrogen) atoms. The molecule has 3 rings (SSSR count). The SMILES string of the molecule is CC(Cl)c1cn(CC2CCC3(CCCCC3)O2)nn1. The first-order chi connectivity index (χ1) is 9.17. The summed E-state index contributed by atoms with van der Waals surface area (Å²) in [5, 5.41) is 8.14. The van der Waals surface area contributed by atoms with Crippen LogP contribution in [0.1, 0.15) is 62.9 Å². The van der Waals surface area contributed by atoms with Gasteiger partial charge in [0.1, 0.15) is 5.69 Å². The van der Waals surface area contributed by atoms with Gasteiger partial charge in [-0.25, -0.2) is 4.68 Å². The van der Waals surface area contributed by atoms with E-state index in [9.17, 15) is 0 Å². The highest BCUT2D eigenvalue weighted by atomic mass is 35.5. The summed E-state index contributed by atoms with van der Waals surface area (Å²) < 4.78 is 8.22. The monoisotopic (exact) mass is 283 g/mol. The summed E-state index contributed by atoms with van der Waals surface area (Å²) in [5.41, 5.74) is 1.03. The van der Waals surface area contributed by atoms with E-state index < -0.39 is 0 Å². The lowest BCUT2D eigenvalue weighted by Crippen LogP contribution is -2.32. The van der Waals surface area contributed by atoms with Crippen molar-refractivity contribution in [3.63, 3.8) is 0 Å². The molecule has 2 unspecified atom stereocenters. The van der Waals surface area contributed by atoms with Crippen LogP contribution in [-0.2, 0) is 11.3 Å². The van der Waals surface area contributed by atoms with Gasteiger partial charge < -0.3 is 4.74 Å². The first-order valence-corrected chi connectivity index (χ1v) is 7.82. The summed E-state index contributed by atoms with van der Waals surface area (Å²) in [6.45, 7) is 2.72. The molecule has 0 bridgehead atoms. The number of alkyl halides is 1. The van der Waals surface area contributed by atoms with E-state index >= 15 is 0 Å². The smallest absolute Gasteiger partial charge is 0.100 e. The van der Waals surface area contributed by atoms with E-state index in [0.29, 0.717) is 6.10 Å². The normalized spacial score (nSPS) is 27.8. The predicted molar refractivity (Wildman–Crippen MR) is 74.2 cm³/mol. The number of hydrogen-bond acceptors (Lipinski definition) is 3. The van der Waals surface area contributed by atoms with E-state index in [1.807, 2.05) is 17.8 Å². The van der Waals surface area contributed by atoms with Crippen LogP contribution in [0, 0.1) is 0 Å². The Bertz CT molecular complexity index is 426. The van der Waals surface area contributed by atoms with E-state index in [1.54, 1.807) is 0 Å². The molecule has 1 aromatic rings. The molecule has 0 radical (unpaired) electrons. The Kier molecular flexibility index (Phi) is 3.81. The van der Waals surface area contributed by atoms with Gasteiger partial charge in [0.05, 0.1) is 29.8 Å². The average molecular weight is 284 g/mol. The fraction of sp³-hybridized carbons (Fsp3) is 0.857. The maximum Gasteiger partial charge on any atom is 0.100 e. The zero-order valence-electron chi connectivity index (χ0n) is 11.5. The minimum Gasteiger partial charge on any atom is -0.370 e. The summed E-state index contributed by atoms with van der Waals surface area (Å²) in [5.74, 6) is 0. The van der Waals surface area contributed by atoms with Gasteiger partial charge in [-0.3, -0.25) is 0 Å². The highest BCUT2D eigenvalue weighted by Gasteiger charge is 2.40. The molecule has 0 amide bonds. The highest BCUT2D eigenvalue weighted by molar-refractivity contribution is 6.20. The Labute approximate surface area is 119 Å². The molecule has 0 aromatic carbocycles. The molecule has 1 aliphatic heterocycles. The van der Waals surface area contributed by atoms with E-state index in [2.05, 4.69) is 10.3 Å². The van der Waals surface area contributed by atoms with Crippen molar-refractivity contribution in [2.24, 2.45) is 0 Å². The van der Waals surface area contributed by atoms with Crippen molar-refractivity contribution in [3.8, 4) is 0 Å². The molecule has 2 aliphatic rings. The molecule has 1 saturated heterocycles. The average Bonchev–Trinajstić information content (AvgIpc) is 2.99. The van der Waals surface area contributed by atoms with Crippen molar-refractivity contribution in [1.29, 1.82) is 0 Å². The molecule has 1 saturated carbocycles. The van der Waals surface area contributed by atoms with Crippen LogP contribution in [0.2, 0.25) is 0 Å². The maximum atomic E-state index is 6.34. The topological polar surface area (TPSA) is 39.9 Å². The third-order valence-electron chi connectivity index (χ3n) is 4.46. The van der Waals surface area contributed by atoms with Gasteiger partial charge in [-0.05, 0) is 32.6 Å². The number of hydrogen-bond donors (Lipinski definition) is 0. The van der Waals surface area contributed by atoms with Gasteiger partial charge in [-0.1, -0.05) is 24.5 Å². The molecular formula is C14H22ClN3O. The van der Waals surface area contributed by atoms with Crippen LogP contribution in [0.4, 0.5) is 0 Å². The van der Waals surface area contributed by atoms with Crippen molar-refractivity contribution >= 4 is 11.6 Å². The van der Waals surface area contributed by atoms with Crippen molar-refractivity contribution in [1.82, 2.24) is 15.0 Å². The van der Waals surface area contributed by atoms with Gasteiger partial charge in [-0.15, -0.1) is 16.7 Å². The second-order valence-corrected chi connectivity index (χ2v) is 6.66. The molecule has 2 heterocycles. The number of aromatic nitrogens is 3. The maximum absolute atomic E-state index is 6.34. The minimum atomic E-state index is -0.0806. The lowest BCUT2D eigenvalue weighted by molar-refractivity contribution is -0.0689. The minimum absolute atomic E-state index is 0.0806. The van der Waals surface area contributed by atoms with Crippen LogP contribution in [0.25, 0.3) is 0 Å². The Morgan fingerprint density at radius 2 is 2.21 bits per heavy atom. The summed E-state index contributed by atoms with van der Waals surface area (Å²) in [7, 11) is 0. The number of nitrogens with zero attached hydrogens (tertiary/aromatic N) is 3. The molecule has 1 aliphatic carbocycles. The zero-order chi connectivity index (χ0) is 13.3. The van der Waals surface area contributed by atoms with Crippen LogP contribution in [0.3, 0.4) is 0 Å². The molecule has 0 N–H and O–H groups in total. The Morgan fingerprint density at radius 3 is 2.89 bits per heavy atom. The fourth-order valence-corrected chi connectivity index (χ4v) is 3.48. The molecule has 2 atom stereocenters. The molecule has 1 spiro atoms. The molecule has 1 aromatic heterocycles. The van der Waals surface area contributed by atoms with E-state index in [-0.39, 0.29) is 11.0 Å². The zero-order valence-corrected chi connectivity index (χ0v) is 12.3. The Morgan fingerprint density at radius 1 is 1.42 bits per heavy atom. The molecule has 106 valence electrons. The third-order valence-corrected chi connectivity index (χ3v) is 4.68. The van der Waals surface area contributed by atoms with Gasteiger partial charge in [0.15, 0.2) is 0 Å². The quantitative estimate of drug-likeness (QED) is 0.798. The summed E-state index contributed by atoms with van der Waals surface area (Å²) >= 11 is 6.00. The van der Waals surface area contributed by atoms with Gasteiger partial charge in [0.2, 0.25) is 0 Å². The van der Waals surface area contributed by atoms with E-state index in [1.165, 1.54) is 38.5 Å². The van der Waals surface area contributed by atoms with Gasteiger partial charge in [-0.2, -0.15) is 0 Å². The van der Waals surface area contributed by atoms with Gasteiger partial charge in [0, 0.05) is 0 Å². The molecule has 2 fully saturated rings. The standard InChI is InChI=1S/C14H22ClN3O/c1-11(15)13-10-18(17-16-13)9-12-5-8-14(19-12)6-3-2-4-7-14/h10-12H,2-9H2,1H3. The summed E-state index contributed by atoms with van der Waals surface area (Å²) in [4.78, 5) is 0. The third kappa shape index (κ3) is 2.95. The fourth-order valence-electron chi connectivity index (χ4n) is 3.38. The van der Waals surface area contributed by atoms with Crippen LogP contribution < -0.4 is 0 Å². The van der Waals surface area contributed by atoms with Crippen molar-refractivity contribution < 1.29 is 4.74 Å². The summed E-state index contributed by atoms with van der Waals surface area (Å²) in [6, 6.07) is 0. The Hall–Kier alpha value is -0.610. The summed E-state index contributed by atoms with van der Waals surface area (Å²) in [6.07, 6.45) is 11.1. The lowest BCUT2D eigenvalue weighted by Gasteiger charge is -2.33. The molecular weight excluding hydrogens is 262 g/mol. The second kappa shape index (κ2) is 5.41. The van der Waals surface area contributed by atoms with E-state index in [4.69, 9.17) is 16.3 Å². The number of ether oxygens (including phenoxy) is 1. The Balaban J connectivity index is 1.58. The largest absolute Gasteiger partial charge is 0.370 e. The van der Waals surface area contributed by atoms with Crippen molar-refractivity contribution in [3.05, 3.63) is 11.9 Å². The molecule has 4 nitrogen and oxygen atoms in total. The van der Waals surface area contributed by atoms with Crippen molar-refractivity contribution in [2.45, 2.75) is 75.5 Å². The van der Waals surface area contributed by atoms with Crippen LogP contribution >= 0.6 is 11.6 Å². The highest BCUT2D eigenvalue weighted by Crippen LogP contribution is 2.42. The number of rotatable bonds is 3. The first-order valence-electron chi connectivity index (χ1n) is 7.39. The predicted octanol–water partition coefficient (Wildman–Crippen LogP) is 3.46. The van der Waals surface area contributed by atoms with Gasteiger partial charge in [0.25, 0.3) is 0 Å².